The molecule has 0 amide bonds. The van der Waals surface area contributed by atoms with Crippen LogP contribution in [0.5, 0.6) is 5.75 Å². The summed E-state index contributed by atoms with van der Waals surface area (Å²) >= 11 is 0. The number of hydrogen-bond donors (Lipinski definition) is 2. The van der Waals surface area contributed by atoms with Gasteiger partial charge in [-0.05, 0) is 30.9 Å². The third kappa shape index (κ3) is 5.01. The lowest BCUT2D eigenvalue weighted by molar-refractivity contribution is 0.296. The van der Waals surface area contributed by atoms with E-state index in [-0.39, 0.29) is 0 Å². The molecular formula is C18H25N5O. The number of nitrogens with zero attached hydrogens (tertiary/aromatic N) is 3. The molecule has 0 aliphatic heterocycles. The van der Waals surface area contributed by atoms with Gasteiger partial charge in [-0.2, -0.15) is 5.10 Å². The quantitative estimate of drug-likeness (QED) is 0.575. The Morgan fingerprint density at radius 3 is 2.92 bits per heavy atom. The van der Waals surface area contributed by atoms with Crippen molar-refractivity contribution in [1.29, 1.82) is 0 Å². The topological polar surface area (TPSA) is 63.5 Å². The SMILES string of the molecule is CN=C(NCCn1cccn1)NCc1ccccc1OCC1CC1. The van der Waals surface area contributed by atoms with E-state index in [1.807, 2.05) is 35.1 Å². The fourth-order valence-electron chi connectivity index (χ4n) is 2.40. The van der Waals surface area contributed by atoms with Gasteiger partial charge in [0.15, 0.2) is 5.96 Å². The van der Waals surface area contributed by atoms with Gasteiger partial charge in [-0.25, -0.2) is 0 Å². The first-order chi connectivity index (χ1) is 11.8. The monoisotopic (exact) mass is 327 g/mol. The van der Waals surface area contributed by atoms with E-state index < -0.39 is 0 Å². The molecule has 1 aliphatic rings. The number of rotatable bonds is 8. The highest BCUT2D eigenvalue weighted by Crippen LogP contribution is 2.30. The van der Waals surface area contributed by atoms with Crippen LogP contribution >= 0.6 is 0 Å². The van der Waals surface area contributed by atoms with Gasteiger partial charge in [0.2, 0.25) is 0 Å². The van der Waals surface area contributed by atoms with Gasteiger partial charge in [-0.1, -0.05) is 18.2 Å². The number of ether oxygens (including phenoxy) is 1. The van der Waals surface area contributed by atoms with E-state index in [0.717, 1.165) is 42.9 Å². The molecule has 2 N–H and O–H groups in total. The first-order valence-electron chi connectivity index (χ1n) is 8.48. The third-order valence-electron chi connectivity index (χ3n) is 4.01. The molecule has 128 valence electrons. The summed E-state index contributed by atoms with van der Waals surface area (Å²) in [6.45, 7) is 3.08. The van der Waals surface area contributed by atoms with Crippen LogP contribution in [-0.2, 0) is 13.1 Å². The van der Waals surface area contributed by atoms with Gasteiger partial charge in [-0.15, -0.1) is 0 Å². The first-order valence-corrected chi connectivity index (χ1v) is 8.48. The normalized spacial score (nSPS) is 14.5. The highest BCUT2D eigenvalue weighted by atomic mass is 16.5. The summed E-state index contributed by atoms with van der Waals surface area (Å²) in [4.78, 5) is 4.26. The molecule has 1 aliphatic carbocycles. The van der Waals surface area contributed by atoms with Crippen LogP contribution in [0, 0.1) is 5.92 Å². The van der Waals surface area contributed by atoms with Gasteiger partial charge < -0.3 is 15.4 Å². The fraction of sp³-hybridized carbons (Fsp3) is 0.444. The van der Waals surface area contributed by atoms with Crippen LogP contribution in [0.15, 0.2) is 47.7 Å². The Morgan fingerprint density at radius 2 is 2.17 bits per heavy atom. The molecule has 0 radical (unpaired) electrons. The standard InChI is InChI=1S/C18H25N5O/c1-19-18(20-10-12-23-11-4-9-22-23)21-13-16-5-2-3-6-17(16)24-14-15-7-8-15/h2-6,9,11,15H,7-8,10,12-14H2,1H3,(H2,19,20,21). The molecule has 6 nitrogen and oxygen atoms in total. The van der Waals surface area contributed by atoms with Crippen molar-refractivity contribution < 1.29 is 4.74 Å². The average molecular weight is 327 g/mol. The van der Waals surface area contributed by atoms with Gasteiger partial charge in [0, 0.05) is 38.1 Å². The van der Waals surface area contributed by atoms with E-state index in [1.165, 1.54) is 12.8 Å². The van der Waals surface area contributed by atoms with Crippen LogP contribution in [0.1, 0.15) is 18.4 Å². The van der Waals surface area contributed by atoms with Crippen molar-refractivity contribution in [1.82, 2.24) is 20.4 Å². The lowest BCUT2D eigenvalue weighted by Crippen LogP contribution is -2.38. The van der Waals surface area contributed by atoms with Crippen molar-refractivity contribution in [2.75, 3.05) is 20.2 Å². The summed E-state index contributed by atoms with van der Waals surface area (Å²) in [5.41, 5.74) is 1.15. The molecule has 0 saturated heterocycles. The maximum atomic E-state index is 5.95. The van der Waals surface area contributed by atoms with Crippen molar-refractivity contribution in [2.24, 2.45) is 10.9 Å². The Balaban J connectivity index is 1.46. The zero-order chi connectivity index (χ0) is 16.6. The van der Waals surface area contributed by atoms with E-state index in [2.05, 4.69) is 26.8 Å². The molecule has 24 heavy (non-hydrogen) atoms. The maximum absolute atomic E-state index is 5.95. The van der Waals surface area contributed by atoms with Crippen molar-refractivity contribution in [3.05, 3.63) is 48.3 Å². The van der Waals surface area contributed by atoms with E-state index in [4.69, 9.17) is 4.74 Å². The molecule has 1 saturated carbocycles. The van der Waals surface area contributed by atoms with Crippen LogP contribution in [0.25, 0.3) is 0 Å². The Labute approximate surface area is 142 Å². The summed E-state index contributed by atoms with van der Waals surface area (Å²) in [6, 6.07) is 10.1. The van der Waals surface area contributed by atoms with Crippen molar-refractivity contribution in [3.8, 4) is 5.75 Å². The molecule has 0 spiro atoms. The van der Waals surface area contributed by atoms with E-state index in [9.17, 15) is 0 Å². The van der Waals surface area contributed by atoms with Crippen molar-refractivity contribution in [2.45, 2.75) is 25.9 Å². The highest BCUT2D eigenvalue weighted by molar-refractivity contribution is 5.79. The van der Waals surface area contributed by atoms with Crippen molar-refractivity contribution in [3.63, 3.8) is 0 Å². The van der Waals surface area contributed by atoms with E-state index in [0.29, 0.717) is 6.54 Å². The largest absolute Gasteiger partial charge is 0.493 e. The Hall–Kier alpha value is -2.50. The van der Waals surface area contributed by atoms with Crippen molar-refractivity contribution >= 4 is 5.96 Å². The third-order valence-corrected chi connectivity index (χ3v) is 4.01. The van der Waals surface area contributed by atoms with Gasteiger partial charge >= 0.3 is 0 Å². The molecule has 0 unspecified atom stereocenters. The lowest BCUT2D eigenvalue weighted by atomic mass is 10.2. The number of guanidine groups is 1. The van der Waals surface area contributed by atoms with Crippen LogP contribution in [0.4, 0.5) is 0 Å². The second kappa shape index (κ2) is 8.38. The predicted octanol–water partition coefficient (Wildman–Crippen LogP) is 2.04. The zero-order valence-corrected chi connectivity index (χ0v) is 14.1. The highest BCUT2D eigenvalue weighted by Gasteiger charge is 2.22. The molecule has 3 rings (SSSR count). The minimum absolute atomic E-state index is 0.683. The molecule has 1 aromatic heterocycles. The predicted molar refractivity (Wildman–Crippen MR) is 95.1 cm³/mol. The summed E-state index contributed by atoms with van der Waals surface area (Å²) in [7, 11) is 1.78. The van der Waals surface area contributed by atoms with Crippen LogP contribution in [0.2, 0.25) is 0 Å². The molecular weight excluding hydrogens is 302 g/mol. The second-order valence-corrected chi connectivity index (χ2v) is 5.98. The van der Waals surface area contributed by atoms with Gasteiger partial charge in [0.1, 0.15) is 5.75 Å². The smallest absolute Gasteiger partial charge is 0.191 e. The Bertz CT molecular complexity index is 649. The molecule has 0 bridgehead atoms. The molecule has 0 atom stereocenters. The first kappa shape index (κ1) is 16.4. The summed E-state index contributed by atoms with van der Waals surface area (Å²) < 4.78 is 7.84. The molecule has 2 aromatic rings. The number of para-hydroxylation sites is 1. The fourth-order valence-corrected chi connectivity index (χ4v) is 2.40. The molecule has 1 fully saturated rings. The number of aliphatic imine (C=N–C) groups is 1. The average Bonchev–Trinajstić information content (AvgIpc) is 3.30. The minimum Gasteiger partial charge on any atom is -0.493 e. The number of hydrogen-bond acceptors (Lipinski definition) is 3. The number of aromatic nitrogens is 2. The number of nitrogens with one attached hydrogen (secondary N) is 2. The zero-order valence-electron chi connectivity index (χ0n) is 14.1. The molecule has 6 heteroatoms. The maximum Gasteiger partial charge on any atom is 0.191 e. The molecule has 1 heterocycles. The van der Waals surface area contributed by atoms with E-state index in [1.54, 1.807) is 13.2 Å². The second-order valence-electron chi connectivity index (χ2n) is 5.98. The van der Waals surface area contributed by atoms with Gasteiger partial charge in [-0.3, -0.25) is 9.67 Å². The lowest BCUT2D eigenvalue weighted by Gasteiger charge is -2.15. The van der Waals surface area contributed by atoms with Gasteiger partial charge in [0.05, 0.1) is 13.2 Å². The van der Waals surface area contributed by atoms with Crippen LogP contribution in [0.3, 0.4) is 0 Å². The number of benzene rings is 1. The Kier molecular flexibility index (Phi) is 5.71. The van der Waals surface area contributed by atoms with Crippen LogP contribution < -0.4 is 15.4 Å². The summed E-state index contributed by atoms with van der Waals surface area (Å²) in [6.07, 6.45) is 6.33. The van der Waals surface area contributed by atoms with Crippen LogP contribution in [-0.4, -0.2) is 35.9 Å². The summed E-state index contributed by atoms with van der Waals surface area (Å²) in [5, 5.41) is 10.8. The van der Waals surface area contributed by atoms with Gasteiger partial charge in [0.25, 0.3) is 0 Å². The minimum atomic E-state index is 0.683. The Morgan fingerprint density at radius 1 is 1.29 bits per heavy atom. The summed E-state index contributed by atoms with van der Waals surface area (Å²) in [5.74, 6) is 2.49. The van der Waals surface area contributed by atoms with E-state index >= 15 is 0 Å². The molecule has 1 aromatic carbocycles.